The zero-order valence-corrected chi connectivity index (χ0v) is 13.0. The van der Waals surface area contributed by atoms with E-state index in [4.69, 9.17) is 11.6 Å². The topological polar surface area (TPSA) is 20.3 Å². The summed E-state index contributed by atoms with van der Waals surface area (Å²) in [5, 5.41) is 0. The van der Waals surface area contributed by atoms with Crippen LogP contribution in [0.2, 0.25) is 0 Å². The Morgan fingerprint density at radius 1 is 1.20 bits per heavy atom. The summed E-state index contributed by atoms with van der Waals surface area (Å²) < 4.78 is 0. The second-order valence-corrected chi connectivity index (χ2v) is 6.40. The van der Waals surface area contributed by atoms with Gasteiger partial charge in [0.15, 0.2) is 0 Å². The molecule has 0 radical (unpaired) electrons. The molecule has 2 rings (SSSR count). The van der Waals surface area contributed by atoms with Crippen LogP contribution in [-0.4, -0.2) is 23.2 Å². The van der Waals surface area contributed by atoms with Gasteiger partial charge in [-0.15, -0.1) is 11.6 Å². The zero-order chi connectivity index (χ0) is 14.4. The van der Waals surface area contributed by atoms with Gasteiger partial charge in [0, 0.05) is 24.4 Å². The van der Waals surface area contributed by atoms with E-state index in [-0.39, 0.29) is 11.3 Å². The summed E-state index contributed by atoms with van der Waals surface area (Å²) in [5.74, 6) is 0.774. The number of hydrogen-bond donors (Lipinski definition) is 0. The van der Waals surface area contributed by atoms with Crippen molar-refractivity contribution in [1.29, 1.82) is 0 Å². The number of alkyl halides is 1. The molecule has 0 atom stereocenters. The fourth-order valence-corrected chi connectivity index (χ4v) is 3.29. The normalized spacial score (nSPS) is 17.7. The Hall–Kier alpha value is -1.02. The molecule has 0 bridgehead atoms. The van der Waals surface area contributed by atoms with Gasteiger partial charge >= 0.3 is 0 Å². The standard InChI is InChI=1S/C17H24ClNO/c1-17(10-6-3-7-11-17)16(20)19(13-12-18)14-15-8-4-2-5-9-15/h2,4-5,8-9H,3,6-7,10-14H2,1H3. The molecular weight excluding hydrogens is 270 g/mol. The van der Waals surface area contributed by atoms with Crippen LogP contribution >= 0.6 is 11.6 Å². The number of amides is 1. The molecule has 1 saturated carbocycles. The highest BCUT2D eigenvalue weighted by Crippen LogP contribution is 2.37. The molecule has 2 nitrogen and oxygen atoms in total. The summed E-state index contributed by atoms with van der Waals surface area (Å²) in [7, 11) is 0. The third-order valence-electron chi connectivity index (χ3n) is 4.33. The smallest absolute Gasteiger partial charge is 0.228 e. The fraction of sp³-hybridized carbons (Fsp3) is 0.588. The highest BCUT2D eigenvalue weighted by atomic mass is 35.5. The molecule has 0 N–H and O–H groups in total. The van der Waals surface area contributed by atoms with Gasteiger partial charge in [-0.3, -0.25) is 4.79 Å². The fourth-order valence-electron chi connectivity index (χ4n) is 3.09. The average molecular weight is 294 g/mol. The lowest BCUT2D eigenvalue weighted by Crippen LogP contribution is -2.44. The van der Waals surface area contributed by atoms with Gasteiger partial charge in [-0.05, 0) is 18.4 Å². The SMILES string of the molecule is CC1(C(=O)N(CCCl)Cc2ccccc2)CCCCC1. The summed E-state index contributed by atoms with van der Waals surface area (Å²) in [4.78, 5) is 14.8. The molecule has 110 valence electrons. The van der Waals surface area contributed by atoms with E-state index in [1.807, 2.05) is 23.1 Å². The largest absolute Gasteiger partial charge is 0.337 e. The van der Waals surface area contributed by atoms with Crippen molar-refractivity contribution in [3.05, 3.63) is 35.9 Å². The van der Waals surface area contributed by atoms with E-state index in [1.165, 1.54) is 24.8 Å². The van der Waals surface area contributed by atoms with E-state index >= 15 is 0 Å². The van der Waals surface area contributed by atoms with Crippen LogP contribution in [0.3, 0.4) is 0 Å². The molecule has 1 amide bonds. The first-order chi connectivity index (χ1) is 9.65. The molecule has 0 spiro atoms. The lowest BCUT2D eigenvalue weighted by atomic mass is 9.74. The average Bonchev–Trinajstić information content (AvgIpc) is 2.48. The summed E-state index contributed by atoms with van der Waals surface area (Å²) in [5.41, 5.74) is 0.990. The van der Waals surface area contributed by atoms with Gasteiger partial charge in [0.05, 0.1) is 0 Å². The van der Waals surface area contributed by atoms with Gasteiger partial charge in [-0.1, -0.05) is 56.5 Å². The van der Waals surface area contributed by atoms with Crippen LogP contribution in [0.15, 0.2) is 30.3 Å². The Morgan fingerprint density at radius 3 is 2.45 bits per heavy atom. The van der Waals surface area contributed by atoms with E-state index < -0.39 is 0 Å². The Balaban J connectivity index is 2.09. The van der Waals surface area contributed by atoms with E-state index in [0.717, 1.165) is 12.8 Å². The van der Waals surface area contributed by atoms with Gasteiger partial charge in [0.25, 0.3) is 0 Å². The number of carbonyl (C=O) groups is 1. The molecule has 1 aliphatic carbocycles. The van der Waals surface area contributed by atoms with Crippen LogP contribution < -0.4 is 0 Å². The number of carbonyl (C=O) groups excluding carboxylic acids is 1. The first kappa shape index (κ1) is 15.4. The summed E-state index contributed by atoms with van der Waals surface area (Å²) in [6, 6.07) is 10.2. The quantitative estimate of drug-likeness (QED) is 0.744. The minimum Gasteiger partial charge on any atom is -0.337 e. The van der Waals surface area contributed by atoms with E-state index in [2.05, 4.69) is 19.1 Å². The van der Waals surface area contributed by atoms with Crippen molar-refractivity contribution in [2.24, 2.45) is 5.41 Å². The van der Waals surface area contributed by atoms with Crippen molar-refractivity contribution < 1.29 is 4.79 Å². The van der Waals surface area contributed by atoms with E-state index in [1.54, 1.807) is 0 Å². The third kappa shape index (κ3) is 3.76. The minimum absolute atomic E-state index is 0.181. The minimum atomic E-state index is -0.181. The predicted molar refractivity (Wildman–Crippen MR) is 83.8 cm³/mol. The van der Waals surface area contributed by atoms with E-state index in [0.29, 0.717) is 19.0 Å². The number of halogens is 1. The maximum atomic E-state index is 12.9. The third-order valence-corrected chi connectivity index (χ3v) is 4.50. The predicted octanol–water partition coefficient (Wildman–Crippen LogP) is 4.22. The molecule has 1 fully saturated rings. The van der Waals surface area contributed by atoms with Crippen molar-refractivity contribution in [3.63, 3.8) is 0 Å². The van der Waals surface area contributed by atoms with Crippen LogP contribution in [0.1, 0.15) is 44.6 Å². The van der Waals surface area contributed by atoms with Crippen LogP contribution in [0.4, 0.5) is 0 Å². The van der Waals surface area contributed by atoms with Gasteiger partial charge in [-0.25, -0.2) is 0 Å². The molecule has 0 aliphatic heterocycles. The van der Waals surface area contributed by atoms with Gasteiger partial charge in [0.2, 0.25) is 5.91 Å². The van der Waals surface area contributed by atoms with Crippen molar-refractivity contribution in [3.8, 4) is 0 Å². The zero-order valence-electron chi connectivity index (χ0n) is 12.3. The van der Waals surface area contributed by atoms with Crippen LogP contribution in [0.5, 0.6) is 0 Å². The molecule has 0 saturated heterocycles. The second-order valence-electron chi connectivity index (χ2n) is 6.02. The lowest BCUT2D eigenvalue weighted by molar-refractivity contribution is -0.143. The molecule has 0 heterocycles. The highest BCUT2D eigenvalue weighted by molar-refractivity contribution is 6.18. The Kier molecular flexibility index (Phi) is 5.47. The van der Waals surface area contributed by atoms with Gasteiger partial charge in [0.1, 0.15) is 0 Å². The van der Waals surface area contributed by atoms with Gasteiger partial charge < -0.3 is 4.90 Å². The Morgan fingerprint density at radius 2 is 1.85 bits per heavy atom. The van der Waals surface area contributed by atoms with Crippen LogP contribution in [0.25, 0.3) is 0 Å². The molecule has 3 heteroatoms. The summed E-state index contributed by atoms with van der Waals surface area (Å²) >= 11 is 5.90. The first-order valence-corrected chi connectivity index (χ1v) is 8.08. The molecule has 1 aromatic carbocycles. The first-order valence-electron chi connectivity index (χ1n) is 7.55. The van der Waals surface area contributed by atoms with Crippen LogP contribution in [-0.2, 0) is 11.3 Å². The highest BCUT2D eigenvalue weighted by Gasteiger charge is 2.37. The molecule has 0 aromatic heterocycles. The number of rotatable bonds is 5. The second kappa shape index (κ2) is 7.12. The van der Waals surface area contributed by atoms with Crippen molar-refractivity contribution in [2.45, 2.75) is 45.6 Å². The van der Waals surface area contributed by atoms with E-state index in [9.17, 15) is 4.79 Å². The number of hydrogen-bond acceptors (Lipinski definition) is 1. The summed E-state index contributed by atoms with van der Waals surface area (Å²) in [6.07, 6.45) is 5.63. The number of benzene rings is 1. The maximum absolute atomic E-state index is 12.9. The van der Waals surface area contributed by atoms with Crippen LogP contribution in [0, 0.1) is 5.41 Å². The Bertz CT molecular complexity index is 426. The van der Waals surface area contributed by atoms with Gasteiger partial charge in [-0.2, -0.15) is 0 Å². The monoisotopic (exact) mass is 293 g/mol. The Labute approximate surface area is 127 Å². The summed E-state index contributed by atoms with van der Waals surface area (Å²) in [6.45, 7) is 3.42. The lowest BCUT2D eigenvalue weighted by Gasteiger charge is -2.37. The van der Waals surface area contributed by atoms with Crippen molar-refractivity contribution in [2.75, 3.05) is 12.4 Å². The molecule has 1 aliphatic rings. The van der Waals surface area contributed by atoms with Crippen molar-refractivity contribution in [1.82, 2.24) is 4.90 Å². The number of nitrogens with zero attached hydrogens (tertiary/aromatic N) is 1. The van der Waals surface area contributed by atoms with Crippen molar-refractivity contribution >= 4 is 17.5 Å². The molecule has 1 aromatic rings. The maximum Gasteiger partial charge on any atom is 0.228 e. The molecule has 0 unspecified atom stereocenters. The molecular formula is C17H24ClNO. The molecule has 20 heavy (non-hydrogen) atoms.